The summed E-state index contributed by atoms with van der Waals surface area (Å²) in [6.07, 6.45) is 2.13. The largest absolute Gasteiger partial charge is 0.480 e. The highest BCUT2D eigenvalue weighted by Crippen LogP contribution is 2.27. The van der Waals surface area contributed by atoms with Crippen molar-refractivity contribution in [1.29, 1.82) is 0 Å². The van der Waals surface area contributed by atoms with Crippen LogP contribution in [0.3, 0.4) is 0 Å². The molecule has 0 bridgehead atoms. The van der Waals surface area contributed by atoms with Crippen LogP contribution in [0.1, 0.15) is 53.9 Å². The van der Waals surface area contributed by atoms with Crippen molar-refractivity contribution in [3.63, 3.8) is 0 Å². The zero-order valence-electron chi connectivity index (χ0n) is 12.6. The van der Waals surface area contributed by atoms with E-state index in [4.69, 9.17) is 5.11 Å². The predicted molar refractivity (Wildman–Crippen MR) is 74.0 cm³/mol. The highest BCUT2D eigenvalue weighted by atomic mass is 16.4. The summed E-state index contributed by atoms with van der Waals surface area (Å²) in [6.45, 7) is 10.8. The molecule has 1 atom stereocenters. The lowest BCUT2D eigenvalue weighted by Crippen LogP contribution is -2.53. The molecule has 5 nitrogen and oxygen atoms in total. The number of nitrogens with zero attached hydrogens (tertiary/aromatic N) is 1. The normalized spacial score (nSPS) is 20.5. The molecule has 0 aromatic heterocycles. The van der Waals surface area contributed by atoms with Gasteiger partial charge in [-0.05, 0) is 38.5 Å². The molecule has 5 heteroatoms. The van der Waals surface area contributed by atoms with Gasteiger partial charge < -0.3 is 15.3 Å². The monoisotopic (exact) mass is 270 g/mol. The lowest BCUT2D eigenvalue weighted by atomic mass is 9.82. The van der Waals surface area contributed by atoms with Crippen molar-refractivity contribution in [3.8, 4) is 0 Å². The molecule has 110 valence electrons. The highest BCUT2D eigenvalue weighted by Gasteiger charge is 2.36. The van der Waals surface area contributed by atoms with E-state index in [0.717, 1.165) is 12.8 Å². The Labute approximate surface area is 115 Å². The first-order valence-electron chi connectivity index (χ1n) is 6.83. The number of carbonyl (C=O) groups excluding carboxylic acids is 1. The maximum atomic E-state index is 12.2. The summed E-state index contributed by atoms with van der Waals surface area (Å²) < 4.78 is 0. The molecule has 2 N–H and O–H groups in total. The van der Waals surface area contributed by atoms with Crippen molar-refractivity contribution in [2.24, 2.45) is 5.41 Å². The predicted octanol–water partition coefficient (Wildman–Crippen LogP) is 2.46. The van der Waals surface area contributed by atoms with Crippen LogP contribution in [-0.2, 0) is 4.79 Å². The summed E-state index contributed by atoms with van der Waals surface area (Å²) in [7, 11) is 0. The van der Waals surface area contributed by atoms with Crippen LogP contribution in [0.4, 0.5) is 4.79 Å². The summed E-state index contributed by atoms with van der Waals surface area (Å²) in [5, 5.41) is 12.1. The first-order chi connectivity index (χ1) is 8.52. The molecule has 1 aliphatic rings. The zero-order valence-corrected chi connectivity index (χ0v) is 12.6. The van der Waals surface area contributed by atoms with E-state index in [9.17, 15) is 9.59 Å². The van der Waals surface area contributed by atoms with Crippen molar-refractivity contribution in [2.45, 2.75) is 65.5 Å². The van der Waals surface area contributed by atoms with E-state index >= 15 is 0 Å². The molecule has 0 aromatic rings. The molecule has 1 heterocycles. The standard InChI is InChI=1S/C14H26N2O3/c1-13(2,3)9-14(4,5)15-12(19)16-8-6-7-10(16)11(17)18/h10H,6-9H2,1-5H3,(H,15,19)(H,17,18)/t10-/m0/s1. The molecule has 0 spiro atoms. The van der Waals surface area contributed by atoms with Crippen LogP contribution in [0.15, 0.2) is 0 Å². The molecule has 1 fully saturated rings. The number of nitrogens with one attached hydrogen (secondary N) is 1. The third-order valence-electron chi connectivity index (χ3n) is 3.22. The Kier molecular flexibility index (Phi) is 4.48. The fourth-order valence-electron chi connectivity index (χ4n) is 3.00. The lowest BCUT2D eigenvalue weighted by molar-refractivity contribution is -0.141. The average Bonchev–Trinajstić information content (AvgIpc) is 2.59. The van der Waals surface area contributed by atoms with Crippen LogP contribution in [0.25, 0.3) is 0 Å². The molecule has 1 saturated heterocycles. The van der Waals surface area contributed by atoms with Crippen molar-refractivity contribution in [2.75, 3.05) is 6.54 Å². The van der Waals surface area contributed by atoms with Gasteiger partial charge in [-0.3, -0.25) is 0 Å². The molecule has 2 amide bonds. The van der Waals surface area contributed by atoms with Crippen LogP contribution in [0.2, 0.25) is 0 Å². The second-order valence-electron chi connectivity index (χ2n) is 7.24. The third-order valence-corrected chi connectivity index (χ3v) is 3.22. The van der Waals surface area contributed by atoms with Gasteiger partial charge in [0.15, 0.2) is 0 Å². The summed E-state index contributed by atoms with van der Waals surface area (Å²) in [5.74, 6) is -0.915. The van der Waals surface area contributed by atoms with Gasteiger partial charge in [0.25, 0.3) is 0 Å². The fourth-order valence-corrected chi connectivity index (χ4v) is 3.00. The van der Waals surface area contributed by atoms with Crippen molar-refractivity contribution >= 4 is 12.0 Å². The number of hydrogen-bond donors (Lipinski definition) is 2. The Hall–Kier alpha value is -1.26. The molecule has 1 rings (SSSR count). The molecule has 0 saturated carbocycles. The number of carbonyl (C=O) groups is 2. The zero-order chi connectivity index (χ0) is 14.8. The van der Waals surface area contributed by atoms with E-state index in [-0.39, 0.29) is 17.0 Å². The van der Waals surface area contributed by atoms with Gasteiger partial charge in [0, 0.05) is 12.1 Å². The number of aliphatic carboxylic acids is 1. The third kappa shape index (κ3) is 4.73. The first-order valence-corrected chi connectivity index (χ1v) is 6.83. The number of rotatable bonds is 3. The Morgan fingerprint density at radius 3 is 2.32 bits per heavy atom. The van der Waals surface area contributed by atoms with Gasteiger partial charge >= 0.3 is 12.0 Å². The maximum Gasteiger partial charge on any atom is 0.326 e. The van der Waals surface area contributed by atoms with E-state index in [2.05, 4.69) is 26.1 Å². The lowest BCUT2D eigenvalue weighted by Gasteiger charge is -2.35. The van der Waals surface area contributed by atoms with E-state index in [0.29, 0.717) is 13.0 Å². The number of hydrogen-bond acceptors (Lipinski definition) is 2. The smallest absolute Gasteiger partial charge is 0.326 e. The number of amides is 2. The minimum atomic E-state index is -0.915. The van der Waals surface area contributed by atoms with Crippen LogP contribution in [0.5, 0.6) is 0 Å². The van der Waals surface area contributed by atoms with Gasteiger partial charge in [-0.2, -0.15) is 0 Å². The Morgan fingerprint density at radius 2 is 1.84 bits per heavy atom. The van der Waals surface area contributed by atoms with E-state index in [1.807, 2.05) is 13.8 Å². The Balaban J connectivity index is 2.66. The minimum absolute atomic E-state index is 0.105. The van der Waals surface area contributed by atoms with Gasteiger partial charge in [-0.1, -0.05) is 20.8 Å². The van der Waals surface area contributed by atoms with Crippen molar-refractivity contribution in [3.05, 3.63) is 0 Å². The molecule has 0 aliphatic carbocycles. The molecule has 0 radical (unpaired) electrons. The van der Waals surface area contributed by atoms with Crippen molar-refractivity contribution < 1.29 is 14.7 Å². The molecule has 1 aliphatic heterocycles. The van der Waals surface area contributed by atoms with Crippen LogP contribution >= 0.6 is 0 Å². The van der Waals surface area contributed by atoms with E-state index < -0.39 is 12.0 Å². The molecular formula is C14H26N2O3. The van der Waals surface area contributed by atoms with Crippen LogP contribution < -0.4 is 5.32 Å². The molecule has 19 heavy (non-hydrogen) atoms. The van der Waals surface area contributed by atoms with E-state index in [1.54, 1.807) is 0 Å². The van der Waals surface area contributed by atoms with Gasteiger partial charge in [0.05, 0.1) is 0 Å². The topological polar surface area (TPSA) is 69.6 Å². The molecule has 0 unspecified atom stereocenters. The molecule has 0 aromatic carbocycles. The maximum absolute atomic E-state index is 12.2. The Bertz CT molecular complexity index is 358. The van der Waals surface area contributed by atoms with Gasteiger partial charge in [-0.25, -0.2) is 9.59 Å². The Morgan fingerprint density at radius 1 is 1.26 bits per heavy atom. The highest BCUT2D eigenvalue weighted by molar-refractivity contribution is 5.83. The van der Waals surface area contributed by atoms with E-state index in [1.165, 1.54) is 4.90 Å². The second-order valence-corrected chi connectivity index (χ2v) is 7.24. The number of carboxylic acids is 1. The quantitative estimate of drug-likeness (QED) is 0.827. The summed E-state index contributed by atoms with van der Waals surface area (Å²) in [6, 6.07) is -0.940. The minimum Gasteiger partial charge on any atom is -0.480 e. The summed E-state index contributed by atoms with van der Waals surface area (Å²) >= 11 is 0. The number of likely N-dealkylation sites (tertiary alicyclic amines) is 1. The summed E-state index contributed by atoms with van der Waals surface area (Å²) in [4.78, 5) is 24.7. The fraction of sp³-hybridized carbons (Fsp3) is 0.857. The van der Waals surface area contributed by atoms with Crippen LogP contribution in [0, 0.1) is 5.41 Å². The summed E-state index contributed by atoms with van der Waals surface area (Å²) in [5.41, 5.74) is -0.241. The van der Waals surface area contributed by atoms with Crippen LogP contribution in [-0.4, -0.2) is 40.1 Å². The number of urea groups is 1. The van der Waals surface area contributed by atoms with Gasteiger partial charge in [0.2, 0.25) is 0 Å². The molecular weight excluding hydrogens is 244 g/mol. The number of carboxylic acid groups (broad SMARTS) is 1. The SMILES string of the molecule is CC(C)(C)CC(C)(C)NC(=O)N1CCC[C@H]1C(=O)O. The first kappa shape index (κ1) is 15.8. The van der Waals surface area contributed by atoms with Crippen molar-refractivity contribution in [1.82, 2.24) is 10.2 Å². The van der Waals surface area contributed by atoms with Gasteiger partial charge in [0.1, 0.15) is 6.04 Å². The van der Waals surface area contributed by atoms with Gasteiger partial charge in [-0.15, -0.1) is 0 Å². The average molecular weight is 270 g/mol. The second kappa shape index (κ2) is 5.39.